The van der Waals surface area contributed by atoms with Crippen LogP contribution < -0.4 is 5.32 Å². The average Bonchev–Trinajstić information content (AvgIpc) is 2.92. The first kappa shape index (κ1) is 14.6. The van der Waals surface area contributed by atoms with E-state index in [1.165, 1.54) is 50.1 Å². The highest BCUT2D eigenvalue weighted by Crippen LogP contribution is 2.34. The fourth-order valence-electron chi connectivity index (χ4n) is 4.01. The van der Waals surface area contributed by atoms with Crippen LogP contribution in [-0.2, 0) is 6.54 Å². The van der Waals surface area contributed by atoms with Gasteiger partial charge < -0.3 is 5.32 Å². The van der Waals surface area contributed by atoms with Crippen molar-refractivity contribution in [2.75, 3.05) is 13.1 Å². The molecular weight excluding hydrogens is 264 g/mol. The molecule has 1 unspecified atom stereocenters. The maximum Gasteiger partial charge on any atom is 0.0332 e. The van der Waals surface area contributed by atoms with E-state index in [4.69, 9.17) is 0 Å². The van der Waals surface area contributed by atoms with E-state index < -0.39 is 0 Å². The monoisotopic (exact) mass is 292 g/mol. The number of hydrogen-bond donors (Lipinski definition) is 1. The molecule has 1 saturated heterocycles. The van der Waals surface area contributed by atoms with Crippen LogP contribution in [-0.4, -0.2) is 29.6 Å². The summed E-state index contributed by atoms with van der Waals surface area (Å²) in [7, 11) is 0. The Labute approximate surface area is 127 Å². The normalized spacial score (nSPS) is 27.2. The zero-order chi connectivity index (χ0) is 14.0. The van der Waals surface area contributed by atoms with Crippen molar-refractivity contribution in [3.63, 3.8) is 0 Å². The highest BCUT2D eigenvalue weighted by Gasteiger charge is 2.40. The molecule has 1 spiro atoms. The molecule has 1 N–H and O–H groups in total. The standard InChI is InChI=1S/C17H28N2S/c1-14(2)16-11-18-17(8-4-3-5-9-17)13-19(16)12-15-7-6-10-20-15/h6-7,10,14,16,18H,3-5,8-9,11-13H2,1-2H3. The van der Waals surface area contributed by atoms with Crippen LogP contribution >= 0.6 is 11.3 Å². The highest BCUT2D eigenvalue weighted by molar-refractivity contribution is 7.09. The van der Waals surface area contributed by atoms with Gasteiger partial charge in [0.05, 0.1) is 0 Å². The van der Waals surface area contributed by atoms with Gasteiger partial charge in [-0.05, 0) is 30.2 Å². The van der Waals surface area contributed by atoms with E-state index in [1.807, 2.05) is 11.3 Å². The third-order valence-electron chi connectivity index (χ3n) is 5.18. The van der Waals surface area contributed by atoms with Crippen molar-refractivity contribution < 1.29 is 0 Å². The van der Waals surface area contributed by atoms with Crippen molar-refractivity contribution in [1.82, 2.24) is 10.2 Å². The van der Waals surface area contributed by atoms with E-state index in [0.29, 0.717) is 11.6 Å². The molecule has 0 aromatic carbocycles. The maximum atomic E-state index is 3.94. The van der Waals surface area contributed by atoms with Crippen molar-refractivity contribution in [1.29, 1.82) is 0 Å². The Morgan fingerprint density at radius 3 is 2.80 bits per heavy atom. The van der Waals surface area contributed by atoms with E-state index in [1.54, 1.807) is 0 Å². The summed E-state index contributed by atoms with van der Waals surface area (Å²) in [5.41, 5.74) is 0.418. The third-order valence-corrected chi connectivity index (χ3v) is 6.04. The van der Waals surface area contributed by atoms with Crippen molar-refractivity contribution in [2.45, 2.75) is 64.1 Å². The molecule has 2 aliphatic rings. The van der Waals surface area contributed by atoms with E-state index >= 15 is 0 Å². The Kier molecular flexibility index (Phi) is 4.49. The van der Waals surface area contributed by atoms with Crippen molar-refractivity contribution >= 4 is 11.3 Å². The van der Waals surface area contributed by atoms with Crippen LogP contribution in [0.2, 0.25) is 0 Å². The van der Waals surface area contributed by atoms with Gasteiger partial charge in [-0.3, -0.25) is 4.90 Å². The van der Waals surface area contributed by atoms with Crippen LogP contribution in [0.5, 0.6) is 0 Å². The van der Waals surface area contributed by atoms with Gasteiger partial charge in [0.15, 0.2) is 0 Å². The second kappa shape index (κ2) is 6.17. The lowest BCUT2D eigenvalue weighted by atomic mass is 9.78. The minimum atomic E-state index is 0.418. The van der Waals surface area contributed by atoms with Gasteiger partial charge in [0.2, 0.25) is 0 Å². The Morgan fingerprint density at radius 1 is 1.35 bits per heavy atom. The quantitative estimate of drug-likeness (QED) is 0.909. The second-order valence-electron chi connectivity index (χ2n) is 7.02. The topological polar surface area (TPSA) is 15.3 Å². The highest BCUT2D eigenvalue weighted by atomic mass is 32.1. The second-order valence-corrected chi connectivity index (χ2v) is 8.05. The molecular formula is C17H28N2S. The van der Waals surface area contributed by atoms with E-state index in [2.05, 4.69) is 41.6 Å². The van der Waals surface area contributed by atoms with Gasteiger partial charge in [-0.2, -0.15) is 0 Å². The molecule has 0 amide bonds. The SMILES string of the molecule is CC(C)C1CNC2(CCCCC2)CN1Cc1cccs1. The van der Waals surface area contributed by atoms with E-state index in [9.17, 15) is 0 Å². The Balaban J connectivity index is 1.73. The Morgan fingerprint density at radius 2 is 2.15 bits per heavy atom. The van der Waals surface area contributed by atoms with Crippen LogP contribution in [0.4, 0.5) is 0 Å². The number of rotatable bonds is 3. The first-order valence-corrected chi connectivity index (χ1v) is 9.08. The Bertz CT molecular complexity index is 407. The first-order chi connectivity index (χ1) is 9.69. The summed E-state index contributed by atoms with van der Waals surface area (Å²) in [4.78, 5) is 4.28. The number of hydrogen-bond acceptors (Lipinski definition) is 3. The maximum absolute atomic E-state index is 3.94. The van der Waals surface area contributed by atoms with Gasteiger partial charge in [0.1, 0.15) is 0 Å². The molecule has 1 atom stereocenters. The van der Waals surface area contributed by atoms with Crippen LogP contribution in [0, 0.1) is 5.92 Å². The molecule has 3 rings (SSSR count). The average molecular weight is 292 g/mol. The zero-order valence-corrected chi connectivity index (χ0v) is 13.7. The van der Waals surface area contributed by atoms with Gasteiger partial charge in [0.25, 0.3) is 0 Å². The lowest BCUT2D eigenvalue weighted by Gasteiger charge is -2.50. The molecule has 20 heavy (non-hydrogen) atoms. The summed E-state index contributed by atoms with van der Waals surface area (Å²) in [5, 5.41) is 6.14. The minimum absolute atomic E-state index is 0.418. The smallest absolute Gasteiger partial charge is 0.0332 e. The van der Waals surface area contributed by atoms with Gasteiger partial charge in [-0.1, -0.05) is 39.2 Å². The minimum Gasteiger partial charge on any atom is -0.308 e. The summed E-state index contributed by atoms with van der Waals surface area (Å²) in [6, 6.07) is 5.16. The molecule has 112 valence electrons. The van der Waals surface area contributed by atoms with Gasteiger partial charge in [-0.25, -0.2) is 0 Å². The Hall–Kier alpha value is -0.380. The predicted molar refractivity (Wildman–Crippen MR) is 87.2 cm³/mol. The number of nitrogens with zero attached hydrogens (tertiary/aromatic N) is 1. The van der Waals surface area contributed by atoms with Crippen LogP contribution in [0.1, 0.15) is 50.8 Å². The first-order valence-electron chi connectivity index (χ1n) is 8.20. The number of thiophene rings is 1. The lowest BCUT2D eigenvalue weighted by molar-refractivity contribution is 0.0316. The van der Waals surface area contributed by atoms with Crippen LogP contribution in [0.25, 0.3) is 0 Å². The third kappa shape index (κ3) is 3.10. The lowest BCUT2D eigenvalue weighted by Crippen LogP contribution is -2.65. The molecule has 1 saturated carbocycles. The van der Waals surface area contributed by atoms with Crippen molar-refractivity contribution in [2.24, 2.45) is 5.92 Å². The number of nitrogens with one attached hydrogen (secondary N) is 1. The fraction of sp³-hybridized carbons (Fsp3) is 0.765. The summed E-state index contributed by atoms with van der Waals surface area (Å²) in [5.74, 6) is 0.725. The zero-order valence-electron chi connectivity index (χ0n) is 12.9. The summed E-state index contributed by atoms with van der Waals surface area (Å²) in [6.07, 6.45) is 7.00. The van der Waals surface area contributed by atoms with Crippen LogP contribution in [0.3, 0.4) is 0 Å². The molecule has 3 heteroatoms. The largest absolute Gasteiger partial charge is 0.308 e. The molecule has 2 nitrogen and oxygen atoms in total. The molecule has 1 aromatic rings. The summed E-state index contributed by atoms with van der Waals surface area (Å²) in [6.45, 7) is 8.29. The molecule has 1 aromatic heterocycles. The van der Waals surface area contributed by atoms with Crippen molar-refractivity contribution in [3.8, 4) is 0 Å². The van der Waals surface area contributed by atoms with Crippen LogP contribution in [0.15, 0.2) is 17.5 Å². The summed E-state index contributed by atoms with van der Waals surface area (Å²) >= 11 is 1.90. The van der Waals surface area contributed by atoms with Gasteiger partial charge in [0, 0.05) is 36.1 Å². The van der Waals surface area contributed by atoms with Crippen molar-refractivity contribution in [3.05, 3.63) is 22.4 Å². The fourth-order valence-corrected chi connectivity index (χ4v) is 4.74. The predicted octanol–water partition coefficient (Wildman–Crippen LogP) is 3.88. The number of piperazine rings is 1. The molecule has 2 heterocycles. The molecule has 1 aliphatic heterocycles. The molecule has 0 bridgehead atoms. The molecule has 1 aliphatic carbocycles. The molecule has 0 radical (unpaired) electrons. The van der Waals surface area contributed by atoms with E-state index in [0.717, 1.165) is 12.5 Å². The van der Waals surface area contributed by atoms with Gasteiger partial charge in [-0.15, -0.1) is 11.3 Å². The van der Waals surface area contributed by atoms with E-state index in [-0.39, 0.29) is 0 Å². The summed E-state index contributed by atoms with van der Waals surface area (Å²) < 4.78 is 0. The molecule has 2 fully saturated rings. The van der Waals surface area contributed by atoms with Gasteiger partial charge >= 0.3 is 0 Å².